The second kappa shape index (κ2) is 5.74. The molecule has 0 unspecified atom stereocenters. The fourth-order valence-electron chi connectivity index (χ4n) is 1.34. The molecule has 0 fully saturated rings. The summed E-state index contributed by atoms with van der Waals surface area (Å²) in [7, 11) is 0. The molecule has 2 heterocycles. The predicted molar refractivity (Wildman–Crippen MR) is 65.2 cm³/mol. The predicted octanol–water partition coefficient (Wildman–Crippen LogP) is 1.07. The first-order chi connectivity index (χ1) is 8.20. The van der Waals surface area contributed by atoms with Crippen LogP contribution < -0.4 is 5.73 Å². The maximum atomic E-state index is 8.00. The van der Waals surface area contributed by atoms with E-state index in [9.17, 15) is 0 Å². The lowest BCUT2D eigenvalue weighted by Gasteiger charge is -2.01. The van der Waals surface area contributed by atoms with Gasteiger partial charge in [0.05, 0.1) is 5.56 Å². The Balaban J connectivity index is 0.000000686. The van der Waals surface area contributed by atoms with E-state index in [1.54, 1.807) is 11.0 Å². The van der Waals surface area contributed by atoms with Crippen molar-refractivity contribution in [1.82, 2.24) is 19.7 Å². The molecule has 2 aromatic heterocycles. The normalized spacial score (nSPS) is 9.53. The number of hydrogen-bond acceptors (Lipinski definition) is 5. The monoisotopic (exact) mass is 233 g/mol. The molecule has 0 saturated carbocycles. The van der Waals surface area contributed by atoms with Gasteiger partial charge < -0.3 is 10.5 Å². The Labute approximate surface area is 99.5 Å². The highest BCUT2D eigenvalue weighted by molar-refractivity contribution is 5.67. The van der Waals surface area contributed by atoms with Crippen molar-refractivity contribution >= 4 is 12.6 Å². The van der Waals surface area contributed by atoms with Crippen LogP contribution in [-0.4, -0.2) is 26.5 Å². The van der Waals surface area contributed by atoms with Gasteiger partial charge in [-0.2, -0.15) is 5.10 Å². The molecule has 6 nitrogen and oxygen atoms in total. The number of pyridine rings is 1. The van der Waals surface area contributed by atoms with Gasteiger partial charge >= 0.3 is 0 Å². The first kappa shape index (κ1) is 12.8. The van der Waals surface area contributed by atoms with Crippen LogP contribution in [0.2, 0.25) is 0 Å². The summed E-state index contributed by atoms with van der Waals surface area (Å²) >= 11 is 0. The molecule has 17 heavy (non-hydrogen) atoms. The number of carbonyl (C=O) groups is 1. The van der Waals surface area contributed by atoms with E-state index in [1.165, 1.54) is 0 Å². The summed E-state index contributed by atoms with van der Waals surface area (Å²) in [5, 5.41) is 4.28. The van der Waals surface area contributed by atoms with Crippen molar-refractivity contribution in [2.24, 2.45) is 0 Å². The van der Waals surface area contributed by atoms with E-state index in [0.29, 0.717) is 11.6 Å². The number of aromatic nitrogens is 4. The van der Waals surface area contributed by atoms with Crippen LogP contribution in [0, 0.1) is 6.92 Å². The first-order valence-corrected chi connectivity index (χ1v) is 5.12. The topological polar surface area (TPSA) is 86.7 Å². The van der Waals surface area contributed by atoms with Gasteiger partial charge in [0, 0.05) is 12.2 Å². The van der Waals surface area contributed by atoms with Crippen molar-refractivity contribution in [2.45, 2.75) is 20.4 Å². The minimum Gasteiger partial charge on any atom is -0.383 e. The Morgan fingerprint density at radius 3 is 2.65 bits per heavy atom. The van der Waals surface area contributed by atoms with Gasteiger partial charge in [0.25, 0.3) is 0 Å². The third kappa shape index (κ3) is 2.87. The number of nitrogens with two attached hydrogens (primary N) is 1. The lowest BCUT2D eigenvalue weighted by atomic mass is 10.2. The van der Waals surface area contributed by atoms with Crippen LogP contribution in [0.3, 0.4) is 0 Å². The third-order valence-corrected chi connectivity index (χ3v) is 2.17. The number of rotatable bonds is 2. The first-order valence-electron chi connectivity index (χ1n) is 5.12. The Kier molecular flexibility index (Phi) is 4.33. The Hall–Kier alpha value is -2.24. The molecule has 2 N–H and O–H groups in total. The minimum absolute atomic E-state index is 0.476. The zero-order chi connectivity index (χ0) is 12.8. The van der Waals surface area contributed by atoms with Crippen LogP contribution in [0.1, 0.15) is 12.6 Å². The summed E-state index contributed by atoms with van der Waals surface area (Å²) < 4.78 is 1.76. The van der Waals surface area contributed by atoms with Crippen LogP contribution in [0.15, 0.2) is 18.5 Å². The summed E-state index contributed by atoms with van der Waals surface area (Å²) in [6.07, 6.45) is 1.69. The molecule has 0 aliphatic heterocycles. The number of carbonyl (C=O) groups excluding carboxylic acids is 1. The van der Waals surface area contributed by atoms with Crippen molar-refractivity contribution in [2.75, 3.05) is 5.73 Å². The van der Waals surface area contributed by atoms with Gasteiger partial charge in [-0.3, -0.25) is 4.68 Å². The third-order valence-electron chi connectivity index (χ3n) is 2.17. The SMILES string of the molecule is C=O.CCn1cnc(-c2ccc(C)nc2N)n1. The van der Waals surface area contributed by atoms with Gasteiger partial charge in [0.15, 0.2) is 5.82 Å². The molecule has 0 aliphatic carbocycles. The number of nitrogens with zero attached hydrogens (tertiary/aromatic N) is 4. The van der Waals surface area contributed by atoms with Crippen molar-refractivity contribution in [3.05, 3.63) is 24.2 Å². The molecule has 0 amide bonds. The van der Waals surface area contributed by atoms with Crippen LogP contribution in [0.4, 0.5) is 5.82 Å². The Morgan fingerprint density at radius 1 is 1.41 bits per heavy atom. The molecule has 0 radical (unpaired) electrons. The molecule has 0 saturated heterocycles. The molecule has 6 heteroatoms. The average molecular weight is 233 g/mol. The fraction of sp³-hybridized carbons (Fsp3) is 0.273. The van der Waals surface area contributed by atoms with Gasteiger partial charge in [0.2, 0.25) is 0 Å². The van der Waals surface area contributed by atoms with E-state index in [0.717, 1.165) is 17.8 Å². The molecule has 0 bridgehead atoms. The lowest BCUT2D eigenvalue weighted by Crippen LogP contribution is -1.98. The minimum atomic E-state index is 0.476. The van der Waals surface area contributed by atoms with Gasteiger partial charge in [-0.1, -0.05) is 0 Å². The van der Waals surface area contributed by atoms with Crippen molar-refractivity contribution in [3.8, 4) is 11.4 Å². The maximum absolute atomic E-state index is 8.00. The van der Waals surface area contributed by atoms with E-state index in [-0.39, 0.29) is 0 Å². The van der Waals surface area contributed by atoms with Crippen molar-refractivity contribution in [1.29, 1.82) is 0 Å². The molecule has 0 aromatic carbocycles. The van der Waals surface area contributed by atoms with Crippen molar-refractivity contribution < 1.29 is 4.79 Å². The summed E-state index contributed by atoms with van der Waals surface area (Å²) in [6.45, 7) is 6.71. The number of nitrogen functional groups attached to an aromatic ring is 1. The maximum Gasteiger partial charge on any atom is 0.184 e. The second-order valence-corrected chi connectivity index (χ2v) is 3.31. The Morgan fingerprint density at radius 2 is 2.12 bits per heavy atom. The fourth-order valence-corrected chi connectivity index (χ4v) is 1.34. The van der Waals surface area contributed by atoms with Crippen LogP contribution in [0.5, 0.6) is 0 Å². The smallest absolute Gasteiger partial charge is 0.184 e. The Bertz CT molecular complexity index is 494. The zero-order valence-electron chi connectivity index (χ0n) is 9.92. The molecular weight excluding hydrogens is 218 g/mol. The zero-order valence-corrected chi connectivity index (χ0v) is 9.92. The molecule has 2 aromatic rings. The highest BCUT2D eigenvalue weighted by atomic mass is 16.1. The van der Waals surface area contributed by atoms with E-state index >= 15 is 0 Å². The van der Waals surface area contributed by atoms with E-state index < -0.39 is 0 Å². The summed E-state index contributed by atoms with van der Waals surface area (Å²) in [6, 6.07) is 3.80. The summed E-state index contributed by atoms with van der Waals surface area (Å²) in [4.78, 5) is 16.4. The largest absolute Gasteiger partial charge is 0.383 e. The van der Waals surface area contributed by atoms with Gasteiger partial charge in [-0.25, -0.2) is 9.97 Å². The molecule has 0 aliphatic rings. The molecule has 0 atom stereocenters. The molecule has 2 rings (SSSR count). The average Bonchev–Trinajstić information content (AvgIpc) is 2.80. The second-order valence-electron chi connectivity index (χ2n) is 3.31. The molecular formula is C11H15N5O. The van der Waals surface area contributed by atoms with E-state index in [2.05, 4.69) is 15.1 Å². The highest BCUT2D eigenvalue weighted by Crippen LogP contribution is 2.20. The number of aryl methyl sites for hydroxylation is 2. The summed E-state index contributed by atoms with van der Waals surface area (Å²) in [5.41, 5.74) is 7.48. The lowest BCUT2D eigenvalue weighted by molar-refractivity contribution is -0.0979. The summed E-state index contributed by atoms with van der Waals surface area (Å²) in [5.74, 6) is 1.10. The van der Waals surface area contributed by atoms with Gasteiger partial charge in [0.1, 0.15) is 18.9 Å². The van der Waals surface area contributed by atoms with Crippen LogP contribution in [-0.2, 0) is 11.3 Å². The molecule has 0 spiro atoms. The highest BCUT2D eigenvalue weighted by Gasteiger charge is 2.08. The quantitative estimate of drug-likeness (QED) is 0.838. The standard InChI is InChI=1S/C10H13N5.CH2O/c1-3-15-6-12-10(14-15)8-5-4-7(2)13-9(8)11;1-2/h4-6H,3H2,1-2H3,(H2,11,13);1H2. The van der Waals surface area contributed by atoms with Crippen LogP contribution >= 0.6 is 0 Å². The molecule has 90 valence electrons. The number of anilines is 1. The number of hydrogen-bond donors (Lipinski definition) is 1. The van der Waals surface area contributed by atoms with E-state index in [1.807, 2.05) is 32.8 Å². The van der Waals surface area contributed by atoms with Gasteiger partial charge in [-0.05, 0) is 26.0 Å². The van der Waals surface area contributed by atoms with E-state index in [4.69, 9.17) is 10.5 Å². The van der Waals surface area contributed by atoms with Gasteiger partial charge in [-0.15, -0.1) is 0 Å². The van der Waals surface area contributed by atoms with Crippen molar-refractivity contribution in [3.63, 3.8) is 0 Å². The van der Waals surface area contributed by atoms with Crippen LogP contribution in [0.25, 0.3) is 11.4 Å².